The van der Waals surface area contributed by atoms with Crippen LogP contribution in [0.1, 0.15) is 19.8 Å². The molecule has 0 atom stereocenters. The van der Waals surface area contributed by atoms with Crippen LogP contribution in [0.3, 0.4) is 0 Å². The van der Waals surface area contributed by atoms with Gasteiger partial charge in [0.05, 0.1) is 0 Å². The molecule has 0 amide bonds. The number of carbonyl (C=O) groups is 1. The molecule has 0 fully saturated rings. The van der Waals surface area contributed by atoms with E-state index in [1.165, 1.54) is 11.6 Å². The molecule has 84 valence electrons. The molecular weight excluding hydrogens is 200 g/mol. The molecular formula is C14H16O2. The number of ether oxygens (including phenoxy) is 1. The largest absolute Gasteiger partial charge is 0.423 e. The van der Waals surface area contributed by atoms with Crippen molar-refractivity contribution in [2.24, 2.45) is 0 Å². The predicted molar refractivity (Wildman–Crippen MR) is 65.6 cm³/mol. The van der Waals surface area contributed by atoms with Gasteiger partial charge in [0.15, 0.2) is 0 Å². The summed E-state index contributed by atoms with van der Waals surface area (Å²) in [6.45, 7) is 9.15. The lowest BCUT2D eigenvalue weighted by atomic mass is 10.00. The Kier molecular flexibility index (Phi) is 4.52. The van der Waals surface area contributed by atoms with E-state index in [1.807, 2.05) is 19.1 Å². The Morgan fingerprint density at radius 2 is 2.12 bits per heavy atom. The highest BCUT2D eigenvalue weighted by Crippen LogP contribution is 2.19. The summed E-state index contributed by atoms with van der Waals surface area (Å²) in [4.78, 5) is 11.7. The molecule has 0 saturated carbocycles. The number of esters is 1. The van der Waals surface area contributed by atoms with Crippen LogP contribution >= 0.6 is 0 Å². The van der Waals surface area contributed by atoms with E-state index < -0.39 is 0 Å². The molecule has 0 saturated heterocycles. The molecule has 0 N–H and O–H groups in total. The van der Waals surface area contributed by atoms with Crippen molar-refractivity contribution in [3.63, 3.8) is 0 Å². The van der Waals surface area contributed by atoms with Gasteiger partial charge in [0.25, 0.3) is 0 Å². The number of rotatable bonds is 4. The minimum absolute atomic E-state index is 0.309. The Balaban J connectivity index is 2.69. The fourth-order valence-electron chi connectivity index (χ4n) is 1.34. The maximum absolute atomic E-state index is 11.7. The summed E-state index contributed by atoms with van der Waals surface area (Å²) in [7, 11) is 0. The third kappa shape index (κ3) is 3.39. The molecule has 2 heteroatoms. The molecule has 0 radical (unpaired) electrons. The molecule has 0 aliphatic heterocycles. The summed E-state index contributed by atoms with van der Waals surface area (Å²) in [5.74, 6) is 0.115. The maximum atomic E-state index is 11.7. The fourth-order valence-corrected chi connectivity index (χ4v) is 1.34. The first-order chi connectivity index (χ1) is 7.67. The van der Waals surface area contributed by atoms with E-state index in [0.717, 1.165) is 12.8 Å². The van der Waals surface area contributed by atoms with Crippen LogP contribution in [-0.4, -0.2) is 5.97 Å². The molecule has 1 aliphatic carbocycles. The zero-order chi connectivity index (χ0) is 12.0. The zero-order valence-electron chi connectivity index (χ0n) is 9.53. The summed E-state index contributed by atoms with van der Waals surface area (Å²) in [5.41, 5.74) is 1.98. The first-order valence-corrected chi connectivity index (χ1v) is 5.21. The molecule has 16 heavy (non-hydrogen) atoms. The van der Waals surface area contributed by atoms with Crippen molar-refractivity contribution in [1.29, 1.82) is 0 Å². The lowest BCUT2D eigenvalue weighted by Crippen LogP contribution is -2.08. The van der Waals surface area contributed by atoms with Gasteiger partial charge in [0.2, 0.25) is 0 Å². The van der Waals surface area contributed by atoms with Gasteiger partial charge in [-0.05, 0) is 31.9 Å². The van der Waals surface area contributed by atoms with Gasteiger partial charge in [0, 0.05) is 5.57 Å². The van der Waals surface area contributed by atoms with E-state index in [-0.39, 0.29) is 5.97 Å². The number of carbonyl (C=O) groups excluding carboxylic acids is 1. The Hall–Kier alpha value is -1.83. The van der Waals surface area contributed by atoms with Gasteiger partial charge < -0.3 is 4.74 Å². The topological polar surface area (TPSA) is 26.3 Å². The van der Waals surface area contributed by atoms with Crippen LogP contribution in [0.2, 0.25) is 0 Å². The Morgan fingerprint density at radius 3 is 2.62 bits per heavy atom. The highest BCUT2D eigenvalue weighted by Gasteiger charge is 2.14. The molecule has 0 bridgehead atoms. The van der Waals surface area contributed by atoms with E-state index in [9.17, 15) is 4.79 Å². The molecule has 1 aliphatic rings. The van der Waals surface area contributed by atoms with Crippen molar-refractivity contribution >= 4 is 5.97 Å². The smallest absolute Gasteiger partial charge is 0.339 e. The summed E-state index contributed by atoms with van der Waals surface area (Å²) in [5, 5.41) is 0. The summed E-state index contributed by atoms with van der Waals surface area (Å²) >= 11 is 0. The monoisotopic (exact) mass is 216 g/mol. The highest BCUT2D eigenvalue weighted by atomic mass is 16.5. The predicted octanol–water partition coefficient (Wildman–Crippen LogP) is 3.45. The quantitative estimate of drug-likeness (QED) is 0.408. The summed E-state index contributed by atoms with van der Waals surface area (Å²) in [6, 6.07) is 0. The van der Waals surface area contributed by atoms with Crippen LogP contribution in [-0.2, 0) is 9.53 Å². The Morgan fingerprint density at radius 1 is 1.38 bits per heavy atom. The van der Waals surface area contributed by atoms with Crippen LogP contribution in [0.5, 0.6) is 0 Å². The van der Waals surface area contributed by atoms with Gasteiger partial charge in [-0.1, -0.05) is 37.0 Å². The Labute approximate surface area is 96.3 Å². The highest BCUT2D eigenvalue weighted by molar-refractivity contribution is 5.90. The molecule has 0 heterocycles. The second-order valence-corrected chi connectivity index (χ2v) is 3.60. The average Bonchev–Trinajstić information content (AvgIpc) is 2.29. The van der Waals surface area contributed by atoms with Crippen LogP contribution < -0.4 is 0 Å². The number of hydrogen-bond donors (Lipinski definition) is 0. The van der Waals surface area contributed by atoms with Crippen molar-refractivity contribution in [3.8, 4) is 0 Å². The van der Waals surface area contributed by atoms with Crippen LogP contribution in [0.15, 0.2) is 60.4 Å². The third-order valence-corrected chi connectivity index (χ3v) is 2.31. The second kappa shape index (κ2) is 5.91. The average molecular weight is 216 g/mol. The first-order valence-electron chi connectivity index (χ1n) is 5.21. The molecule has 0 unspecified atom stereocenters. The lowest BCUT2D eigenvalue weighted by molar-refractivity contribution is -0.134. The van der Waals surface area contributed by atoms with E-state index in [0.29, 0.717) is 11.3 Å². The van der Waals surface area contributed by atoms with Crippen molar-refractivity contribution in [2.45, 2.75) is 19.8 Å². The summed E-state index contributed by atoms with van der Waals surface area (Å²) < 4.78 is 5.15. The molecule has 0 aromatic rings. The first kappa shape index (κ1) is 12.2. The van der Waals surface area contributed by atoms with E-state index in [4.69, 9.17) is 4.74 Å². The van der Waals surface area contributed by atoms with Gasteiger partial charge in [-0.15, -0.1) is 0 Å². The van der Waals surface area contributed by atoms with E-state index in [2.05, 4.69) is 13.2 Å². The van der Waals surface area contributed by atoms with Crippen LogP contribution in [0.4, 0.5) is 0 Å². The normalized spacial score (nSPS) is 15.9. The van der Waals surface area contributed by atoms with Crippen molar-refractivity contribution in [3.05, 3.63) is 60.4 Å². The molecule has 2 nitrogen and oxygen atoms in total. The number of hydrogen-bond acceptors (Lipinski definition) is 2. The molecule has 0 aromatic carbocycles. The van der Waals surface area contributed by atoms with Crippen molar-refractivity contribution in [2.75, 3.05) is 0 Å². The maximum Gasteiger partial charge on any atom is 0.339 e. The zero-order valence-corrected chi connectivity index (χ0v) is 9.53. The summed E-state index contributed by atoms with van der Waals surface area (Å²) in [6.07, 6.45) is 10.1. The lowest BCUT2D eigenvalue weighted by Gasteiger charge is -2.11. The minimum atomic E-state index is -0.309. The number of allylic oxidation sites excluding steroid dienone is 6. The Bertz CT molecular complexity index is 395. The standard InChI is InChI=1S/C14H16O2/c1-4-6-13(5-2)16-14(15)12-9-7-11(3)8-10-12/h4-7,9H,1-2,8,10H2,3H3/b13-6+. The van der Waals surface area contributed by atoms with E-state index >= 15 is 0 Å². The SMILES string of the molecule is C=C/C=C(\C=C)OC(=O)C1=CC=C(C)CC1. The third-order valence-electron chi connectivity index (χ3n) is 2.31. The van der Waals surface area contributed by atoms with Gasteiger partial charge in [-0.25, -0.2) is 4.79 Å². The van der Waals surface area contributed by atoms with Crippen molar-refractivity contribution in [1.82, 2.24) is 0 Å². The van der Waals surface area contributed by atoms with E-state index in [1.54, 1.807) is 12.2 Å². The van der Waals surface area contributed by atoms with Gasteiger partial charge in [0.1, 0.15) is 5.76 Å². The molecule has 0 aromatic heterocycles. The minimum Gasteiger partial charge on any atom is -0.423 e. The van der Waals surface area contributed by atoms with Crippen molar-refractivity contribution < 1.29 is 9.53 Å². The van der Waals surface area contributed by atoms with Crippen LogP contribution in [0, 0.1) is 0 Å². The molecule has 1 rings (SSSR count). The fraction of sp³-hybridized carbons (Fsp3) is 0.214. The van der Waals surface area contributed by atoms with Gasteiger partial charge in [-0.3, -0.25) is 0 Å². The molecule has 0 spiro atoms. The van der Waals surface area contributed by atoms with Crippen LogP contribution in [0.25, 0.3) is 0 Å². The van der Waals surface area contributed by atoms with Gasteiger partial charge >= 0.3 is 5.97 Å². The second-order valence-electron chi connectivity index (χ2n) is 3.60. The van der Waals surface area contributed by atoms with Gasteiger partial charge in [-0.2, -0.15) is 0 Å².